The smallest absolute Gasteiger partial charge is 0.300 e. The zero-order valence-electron chi connectivity index (χ0n) is 10.2. The number of rotatable bonds is 3. The molecule has 102 valence electrons. The summed E-state index contributed by atoms with van der Waals surface area (Å²) in [5.74, 6) is 5.07. The fourth-order valence-electron chi connectivity index (χ4n) is 1.83. The van der Waals surface area contributed by atoms with E-state index < -0.39 is 5.91 Å². The van der Waals surface area contributed by atoms with E-state index in [9.17, 15) is 9.59 Å². The topological polar surface area (TPSA) is 103 Å². The summed E-state index contributed by atoms with van der Waals surface area (Å²) in [6.07, 6.45) is 1.46. The van der Waals surface area contributed by atoms with Crippen LogP contribution >= 0.6 is 11.3 Å². The third-order valence-corrected chi connectivity index (χ3v) is 3.61. The first-order chi connectivity index (χ1) is 9.69. The summed E-state index contributed by atoms with van der Waals surface area (Å²) in [6.45, 7) is 0.204. The normalized spacial score (nSPS) is 10.8. The summed E-state index contributed by atoms with van der Waals surface area (Å²) >= 11 is 1.41. The number of amides is 1. The molecule has 3 N–H and O–H groups in total. The van der Waals surface area contributed by atoms with E-state index in [1.807, 2.05) is 10.8 Å². The monoisotopic (exact) mass is 290 g/mol. The molecule has 0 aliphatic heterocycles. The van der Waals surface area contributed by atoms with Crippen LogP contribution in [-0.2, 0) is 6.54 Å². The number of thiophene rings is 1. The van der Waals surface area contributed by atoms with Crippen molar-refractivity contribution in [1.29, 1.82) is 0 Å². The van der Waals surface area contributed by atoms with Crippen LogP contribution in [0, 0.1) is 0 Å². The minimum absolute atomic E-state index is 0.0973. The summed E-state index contributed by atoms with van der Waals surface area (Å²) in [4.78, 5) is 28.4. The highest BCUT2D eigenvalue weighted by atomic mass is 32.1. The zero-order chi connectivity index (χ0) is 14.1. The molecule has 3 rings (SSSR count). The number of furan rings is 1. The van der Waals surface area contributed by atoms with Crippen molar-refractivity contribution in [3.8, 4) is 0 Å². The quantitative estimate of drug-likeness (QED) is 0.420. The van der Waals surface area contributed by atoms with Crippen molar-refractivity contribution in [2.24, 2.45) is 5.84 Å². The molecule has 0 saturated heterocycles. The van der Waals surface area contributed by atoms with Crippen LogP contribution in [0.4, 0.5) is 0 Å². The van der Waals surface area contributed by atoms with Gasteiger partial charge in [0.25, 0.3) is 5.56 Å². The fraction of sp³-hybridized carbons (Fsp3) is 0.0833. The largest absolute Gasteiger partial charge is 0.454 e. The van der Waals surface area contributed by atoms with Crippen LogP contribution in [0.5, 0.6) is 0 Å². The summed E-state index contributed by atoms with van der Waals surface area (Å²) in [5, 5.41) is 2.39. The lowest BCUT2D eigenvalue weighted by atomic mass is 10.4. The Balaban J connectivity index is 1.93. The molecule has 0 atom stereocenters. The molecule has 3 aromatic heterocycles. The van der Waals surface area contributed by atoms with Gasteiger partial charge in [-0.15, -0.1) is 11.3 Å². The second kappa shape index (κ2) is 4.91. The molecular formula is C12H10N4O3S. The Morgan fingerprint density at radius 3 is 3.10 bits per heavy atom. The molecule has 0 saturated carbocycles. The standard InChI is InChI=1S/C12H10N4O3S/c13-15-10(17)9-2-1-7(19-9)5-16-6-14-11-8(12(16)18)3-4-20-11/h1-4,6H,5,13H2,(H,15,17). The van der Waals surface area contributed by atoms with Gasteiger partial charge in [0.1, 0.15) is 10.6 Å². The fourth-order valence-corrected chi connectivity index (χ4v) is 2.55. The summed E-state index contributed by atoms with van der Waals surface area (Å²) in [5.41, 5.74) is 1.84. The lowest BCUT2D eigenvalue weighted by molar-refractivity contribution is 0.0924. The first-order valence-corrected chi connectivity index (χ1v) is 6.59. The first-order valence-electron chi connectivity index (χ1n) is 5.71. The Morgan fingerprint density at radius 2 is 2.30 bits per heavy atom. The Morgan fingerprint density at radius 1 is 1.45 bits per heavy atom. The van der Waals surface area contributed by atoms with Crippen molar-refractivity contribution in [1.82, 2.24) is 15.0 Å². The lowest BCUT2D eigenvalue weighted by Crippen LogP contribution is -2.29. The molecule has 0 aliphatic carbocycles. The Hall–Kier alpha value is -2.45. The van der Waals surface area contributed by atoms with Gasteiger partial charge in [-0.2, -0.15) is 0 Å². The van der Waals surface area contributed by atoms with Crippen LogP contribution in [0.2, 0.25) is 0 Å². The van der Waals surface area contributed by atoms with Crippen molar-refractivity contribution >= 4 is 27.5 Å². The molecule has 1 amide bonds. The maximum absolute atomic E-state index is 12.2. The molecule has 3 heterocycles. The maximum atomic E-state index is 12.2. The summed E-state index contributed by atoms with van der Waals surface area (Å²) < 4.78 is 6.74. The Kier molecular flexibility index (Phi) is 3.09. The molecule has 3 aromatic rings. The van der Waals surface area contributed by atoms with Crippen LogP contribution < -0.4 is 16.8 Å². The van der Waals surface area contributed by atoms with Gasteiger partial charge in [0, 0.05) is 0 Å². The van der Waals surface area contributed by atoms with Gasteiger partial charge in [-0.25, -0.2) is 10.8 Å². The SMILES string of the molecule is NNC(=O)c1ccc(Cn2cnc3sccc3c2=O)o1. The number of nitrogens with one attached hydrogen (secondary N) is 1. The lowest BCUT2D eigenvalue weighted by Gasteiger charge is -2.02. The Bertz CT molecular complexity index is 832. The van der Waals surface area contributed by atoms with E-state index in [2.05, 4.69) is 4.98 Å². The average molecular weight is 290 g/mol. The maximum Gasteiger partial charge on any atom is 0.300 e. The van der Waals surface area contributed by atoms with Crippen LogP contribution in [-0.4, -0.2) is 15.5 Å². The molecule has 0 radical (unpaired) electrons. The third-order valence-electron chi connectivity index (χ3n) is 2.79. The van der Waals surface area contributed by atoms with E-state index in [1.54, 1.807) is 12.1 Å². The number of nitrogens with zero attached hydrogens (tertiary/aromatic N) is 2. The minimum atomic E-state index is -0.519. The minimum Gasteiger partial charge on any atom is -0.454 e. The number of hydrogen-bond donors (Lipinski definition) is 2. The van der Waals surface area contributed by atoms with Crippen molar-refractivity contribution in [3.05, 3.63) is 51.8 Å². The van der Waals surface area contributed by atoms with Crippen molar-refractivity contribution in [3.63, 3.8) is 0 Å². The molecular weight excluding hydrogens is 280 g/mol. The first kappa shape index (κ1) is 12.6. The van der Waals surface area contributed by atoms with Crippen LogP contribution in [0.3, 0.4) is 0 Å². The number of nitrogen functional groups attached to an aromatic ring is 1. The number of hydrazine groups is 1. The molecule has 20 heavy (non-hydrogen) atoms. The van der Waals surface area contributed by atoms with Gasteiger partial charge in [-0.3, -0.25) is 19.6 Å². The van der Waals surface area contributed by atoms with Crippen LogP contribution in [0.25, 0.3) is 10.2 Å². The van der Waals surface area contributed by atoms with Gasteiger partial charge in [-0.1, -0.05) is 0 Å². The van der Waals surface area contributed by atoms with Gasteiger partial charge in [-0.05, 0) is 23.6 Å². The molecule has 0 fully saturated rings. The highest BCUT2D eigenvalue weighted by Crippen LogP contribution is 2.14. The highest BCUT2D eigenvalue weighted by Gasteiger charge is 2.11. The van der Waals surface area contributed by atoms with Gasteiger partial charge in [0.05, 0.1) is 18.3 Å². The summed E-state index contributed by atoms with van der Waals surface area (Å²) in [7, 11) is 0. The summed E-state index contributed by atoms with van der Waals surface area (Å²) in [6, 6.07) is 4.86. The number of carbonyl (C=O) groups is 1. The molecule has 8 heteroatoms. The van der Waals surface area contributed by atoms with Gasteiger partial charge in [0.2, 0.25) is 0 Å². The van der Waals surface area contributed by atoms with E-state index in [4.69, 9.17) is 10.3 Å². The van der Waals surface area contributed by atoms with Gasteiger partial charge >= 0.3 is 5.91 Å². The molecule has 0 spiro atoms. The molecule has 0 unspecified atom stereocenters. The van der Waals surface area contributed by atoms with Crippen molar-refractivity contribution in [2.45, 2.75) is 6.54 Å². The third kappa shape index (κ3) is 2.10. The number of carbonyl (C=O) groups excluding carboxylic acids is 1. The highest BCUT2D eigenvalue weighted by molar-refractivity contribution is 7.16. The number of fused-ring (bicyclic) bond motifs is 1. The Labute approximate surface area is 116 Å². The van der Waals surface area contributed by atoms with E-state index in [1.165, 1.54) is 28.3 Å². The van der Waals surface area contributed by atoms with Crippen molar-refractivity contribution < 1.29 is 9.21 Å². The van der Waals surface area contributed by atoms with Gasteiger partial charge in [0.15, 0.2) is 5.76 Å². The van der Waals surface area contributed by atoms with Crippen LogP contribution in [0.15, 0.2) is 39.1 Å². The molecule has 7 nitrogen and oxygen atoms in total. The van der Waals surface area contributed by atoms with Gasteiger partial charge < -0.3 is 4.42 Å². The predicted octanol–water partition coefficient (Wildman–Crippen LogP) is 0.703. The van der Waals surface area contributed by atoms with E-state index in [-0.39, 0.29) is 17.9 Å². The second-order valence-electron chi connectivity index (χ2n) is 4.06. The number of nitrogens with two attached hydrogens (primary N) is 1. The second-order valence-corrected chi connectivity index (χ2v) is 4.95. The van der Waals surface area contributed by atoms with Crippen LogP contribution in [0.1, 0.15) is 16.3 Å². The predicted molar refractivity (Wildman–Crippen MR) is 73.3 cm³/mol. The zero-order valence-corrected chi connectivity index (χ0v) is 11.0. The average Bonchev–Trinajstić information content (AvgIpc) is 3.10. The molecule has 0 aliphatic rings. The number of hydrogen-bond acceptors (Lipinski definition) is 6. The molecule has 0 bridgehead atoms. The van der Waals surface area contributed by atoms with Crippen molar-refractivity contribution in [2.75, 3.05) is 0 Å². The number of aromatic nitrogens is 2. The molecule has 0 aromatic carbocycles. The van der Waals surface area contributed by atoms with E-state index in [0.717, 1.165) is 0 Å². The van der Waals surface area contributed by atoms with E-state index in [0.29, 0.717) is 16.0 Å². The van der Waals surface area contributed by atoms with E-state index >= 15 is 0 Å².